The first-order valence-corrected chi connectivity index (χ1v) is 6.97. The van der Waals surface area contributed by atoms with E-state index < -0.39 is 0 Å². The zero-order valence-electron chi connectivity index (χ0n) is 12.4. The molecule has 1 amide bonds. The highest BCUT2D eigenvalue weighted by Gasteiger charge is 2.07. The monoisotopic (exact) mass is 299 g/mol. The summed E-state index contributed by atoms with van der Waals surface area (Å²) in [5.74, 6) is 0.0140. The van der Waals surface area contributed by atoms with Gasteiger partial charge in [-0.05, 0) is 24.2 Å². The lowest BCUT2D eigenvalue weighted by molar-refractivity contribution is -0.121. The van der Waals surface area contributed by atoms with Crippen molar-refractivity contribution in [2.24, 2.45) is 5.73 Å². The lowest BCUT2D eigenvalue weighted by Gasteiger charge is -2.20. The van der Waals surface area contributed by atoms with Crippen LogP contribution < -0.4 is 11.1 Å². The van der Waals surface area contributed by atoms with E-state index in [9.17, 15) is 4.79 Å². The number of hydrogen-bond donors (Lipinski definition) is 2. The SMILES string of the molecule is CCN(CC)Cc1ccccc1CNC(=O)CCN.Cl. The van der Waals surface area contributed by atoms with E-state index in [2.05, 4.69) is 36.2 Å². The number of carbonyl (C=O) groups excluding carboxylic acids is 1. The molecular formula is C15H26ClN3O. The summed E-state index contributed by atoms with van der Waals surface area (Å²) in [5, 5.41) is 2.91. The molecule has 0 unspecified atom stereocenters. The van der Waals surface area contributed by atoms with E-state index in [-0.39, 0.29) is 18.3 Å². The van der Waals surface area contributed by atoms with Crippen LogP contribution in [0, 0.1) is 0 Å². The predicted octanol–water partition coefficient (Wildman–Crippen LogP) is 1.92. The summed E-state index contributed by atoms with van der Waals surface area (Å²) in [7, 11) is 0. The molecule has 0 aromatic heterocycles. The number of amides is 1. The molecule has 1 aromatic carbocycles. The van der Waals surface area contributed by atoms with Crippen LogP contribution in [-0.2, 0) is 17.9 Å². The first-order chi connectivity index (χ1) is 9.21. The van der Waals surface area contributed by atoms with Crippen LogP contribution in [0.1, 0.15) is 31.4 Å². The Balaban J connectivity index is 0.00000361. The Morgan fingerprint density at radius 2 is 1.80 bits per heavy atom. The maximum atomic E-state index is 11.5. The van der Waals surface area contributed by atoms with E-state index in [0.717, 1.165) is 19.6 Å². The molecule has 4 nitrogen and oxygen atoms in total. The third-order valence-electron chi connectivity index (χ3n) is 3.25. The predicted molar refractivity (Wildman–Crippen MR) is 85.8 cm³/mol. The molecule has 20 heavy (non-hydrogen) atoms. The highest BCUT2D eigenvalue weighted by Crippen LogP contribution is 2.11. The van der Waals surface area contributed by atoms with Crippen molar-refractivity contribution in [2.75, 3.05) is 19.6 Å². The summed E-state index contributed by atoms with van der Waals surface area (Å²) in [6.45, 7) is 8.29. The van der Waals surface area contributed by atoms with Crippen molar-refractivity contribution >= 4 is 18.3 Å². The summed E-state index contributed by atoms with van der Waals surface area (Å²) >= 11 is 0. The van der Waals surface area contributed by atoms with Crippen molar-refractivity contribution in [3.8, 4) is 0 Å². The molecule has 1 rings (SSSR count). The number of nitrogens with one attached hydrogen (secondary N) is 1. The van der Waals surface area contributed by atoms with Gasteiger partial charge < -0.3 is 11.1 Å². The van der Waals surface area contributed by atoms with Gasteiger partial charge in [-0.3, -0.25) is 9.69 Å². The maximum absolute atomic E-state index is 11.5. The fourth-order valence-corrected chi connectivity index (χ4v) is 1.99. The van der Waals surface area contributed by atoms with Gasteiger partial charge in [0.15, 0.2) is 0 Å². The molecule has 0 aliphatic heterocycles. The van der Waals surface area contributed by atoms with E-state index in [0.29, 0.717) is 19.5 Å². The molecule has 5 heteroatoms. The van der Waals surface area contributed by atoms with E-state index in [1.165, 1.54) is 11.1 Å². The molecule has 0 atom stereocenters. The average Bonchev–Trinajstić information content (AvgIpc) is 2.44. The topological polar surface area (TPSA) is 58.4 Å². The molecule has 0 fully saturated rings. The maximum Gasteiger partial charge on any atom is 0.221 e. The Hall–Kier alpha value is -1.10. The van der Waals surface area contributed by atoms with Crippen molar-refractivity contribution in [2.45, 2.75) is 33.4 Å². The van der Waals surface area contributed by atoms with Gasteiger partial charge in [0.25, 0.3) is 0 Å². The van der Waals surface area contributed by atoms with Crippen molar-refractivity contribution in [1.29, 1.82) is 0 Å². The molecule has 0 radical (unpaired) electrons. The molecule has 0 saturated heterocycles. The minimum atomic E-state index is 0. The second-order valence-corrected chi connectivity index (χ2v) is 4.55. The normalized spacial score (nSPS) is 10.2. The Labute approximate surface area is 128 Å². The van der Waals surface area contributed by atoms with Gasteiger partial charge in [-0.15, -0.1) is 12.4 Å². The molecule has 0 heterocycles. The third-order valence-corrected chi connectivity index (χ3v) is 3.25. The first kappa shape index (κ1) is 18.9. The van der Waals surface area contributed by atoms with Gasteiger partial charge in [0.1, 0.15) is 0 Å². The van der Waals surface area contributed by atoms with Crippen molar-refractivity contribution in [1.82, 2.24) is 10.2 Å². The van der Waals surface area contributed by atoms with Gasteiger partial charge in [0, 0.05) is 26.1 Å². The molecule has 3 N–H and O–H groups in total. The van der Waals surface area contributed by atoms with Crippen LogP contribution in [-0.4, -0.2) is 30.4 Å². The Bertz CT molecular complexity index is 394. The van der Waals surface area contributed by atoms with Crippen molar-refractivity contribution < 1.29 is 4.79 Å². The largest absolute Gasteiger partial charge is 0.352 e. The molecule has 0 spiro atoms. The molecule has 114 valence electrons. The molecule has 0 aliphatic rings. The summed E-state index contributed by atoms with van der Waals surface area (Å²) in [4.78, 5) is 13.8. The Kier molecular flexibility index (Phi) is 10.1. The Morgan fingerprint density at radius 3 is 2.35 bits per heavy atom. The minimum absolute atomic E-state index is 0. The molecule has 0 saturated carbocycles. The van der Waals surface area contributed by atoms with E-state index in [1.807, 2.05) is 12.1 Å². The van der Waals surface area contributed by atoms with Crippen LogP contribution in [0.4, 0.5) is 0 Å². The number of hydrogen-bond acceptors (Lipinski definition) is 3. The zero-order valence-corrected chi connectivity index (χ0v) is 13.2. The van der Waals surface area contributed by atoms with Crippen LogP contribution in [0.25, 0.3) is 0 Å². The van der Waals surface area contributed by atoms with Crippen LogP contribution >= 0.6 is 12.4 Å². The van der Waals surface area contributed by atoms with Crippen LogP contribution in [0.5, 0.6) is 0 Å². The van der Waals surface area contributed by atoms with E-state index >= 15 is 0 Å². The quantitative estimate of drug-likeness (QED) is 0.771. The first-order valence-electron chi connectivity index (χ1n) is 6.97. The van der Waals surface area contributed by atoms with Gasteiger partial charge in [0.2, 0.25) is 5.91 Å². The van der Waals surface area contributed by atoms with Gasteiger partial charge in [-0.1, -0.05) is 38.1 Å². The lowest BCUT2D eigenvalue weighted by atomic mass is 10.1. The standard InChI is InChI=1S/C15H25N3O.ClH/c1-3-18(4-2)12-14-8-6-5-7-13(14)11-17-15(19)9-10-16;/h5-8H,3-4,9-12,16H2,1-2H3,(H,17,19);1H. The van der Waals surface area contributed by atoms with Crippen molar-refractivity contribution in [3.63, 3.8) is 0 Å². The lowest BCUT2D eigenvalue weighted by Crippen LogP contribution is -2.27. The summed E-state index contributed by atoms with van der Waals surface area (Å²) in [5.41, 5.74) is 7.82. The van der Waals surface area contributed by atoms with Crippen LogP contribution in [0.3, 0.4) is 0 Å². The zero-order chi connectivity index (χ0) is 14.1. The highest BCUT2D eigenvalue weighted by atomic mass is 35.5. The number of carbonyl (C=O) groups is 1. The summed E-state index contributed by atoms with van der Waals surface area (Å²) < 4.78 is 0. The number of rotatable bonds is 8. The summed E-state index contributed by atoms with van der Waals surface area (Å²) in [6, 6.07) is 8.25. The number of nitrogens with zero attached hydrogens (tertiary/aromatic N) is 1. The third kappa shape index (κ3) is 6.37. The van der Waals surface area contributed by atoms with Gasteiger partial charge in [-0.2, -0.15) is 0 Å². The fourth-order valence-electron chi connectivity index (χ4n) is 1.99. The minimum Gasteiger partial charge on any atom is -0.352 e. The van der Waals surface area contributed by atoms with E-state index in [1.54, 1.807) is 0 Å². The summed E-state index contributed by atoms with van der Waals surface area (Å²) in [6.07, 6.45) is 0.387. The average molecular weight is 300 g/mol. The highest BCUT2D eigenvalue weighted by molar-refractivity contribution is 5.85. The number of benzene rings is 1. The molecule has 0 bridgehead atoms. The van der Waals surface area contributed by atoms with Gasteiger partial charge in [0.05, 0.1) is 0 Å². The van der Waals surface area contributed by atoms with Gasteiger partial charge in [-0.25, -0.2) is 0 Å². The van der Waals surface area contributed by atoms with Crippen molar-refractivity contribution in [3.05, 3.63) is 35.4 Å². The van der Waals surface area contributed by atoms with Gasteiger partial charge >= 0.3 is 0 Å². The molecule has 1 aromatic rings. The number of halogens is 1. The van der Waals surface area contributed by atoms with E-state index in [4.69, 9.17) is 5.73 Å². The molecular weight excluding hydrogens is 274 g/mol. The van der Waals surface area contributed by atoms with Crippen LogP contribution in [0.2, 0.25) is 0 Å². The smallest absolute Gasteiger partial charge is 0.221 e. The second-order valence-electron chi connectivity index (χ2n) is 4.55. The van der Waals surface area contributed by atoms with Crippen LogP contribution in [0.15, 0.2) is 24.3 Å². The Morgan fingerprint density at radius 1 is 1.20 bits per heavy atom. The molecule has 0 aliphatic carbocycles. The fraction of sp³-hybridized carbons (Fsp3) is 0.533. The second kappa shape index (κ2) is 10.7. The number of nitrogens with two attached hydrogens (primary N) is 1.